The Morgan fingerprint density at radius 3 is 2.42 bits per heavy atom. The van der Waals surface area contributed by atoms with Crippen LogP contribution in [-0.2, 0) is 9.23 Å². The number of rotatable bonds is 3. The van der Waals surface area contributed by atoms with Crippen molar-refractivity contribution >= 4 is 42.6 Å². The molecule has 0 fully saturated rings. The predicted molar refractivity (Wildman–Crippen MR) is 98.2 cm³/mol. The van der Waals surface area contributed by atoms with Gasteiger partial charge in [-0.1, -0.05) is 0 Å². The Bertz CT molecular complexity index is 895. The van der Waals surface area contributed by atoms with Crippen molar-refractivity contribution in [2.75, 3.05) is 11.9 Å². The monoisotopic (exact) mass is 402 g/mol. The summed E-state index contributed by atoms with van der Waals surface area (Å²) in [7, 11) is 1.83. The number of aromatic nitrogens is 1. The van der Waals surface area contributed by atoms with Crippen LogP contribution in [0.25, 0.3) is 0 Å². The summed E-state index contributed by atoms with van der Waals surface area (Å²) in [6, 6.07) is 19.8. The average Bonchev–Trinajstić information content (AvgIpc) is 3.19. The predicted octanol–water partition coefficient (Wildman–Crippen LogP) is 2.85. The molecule has 5 heteroatoms. The molecule has 4 rings (SSSR count). The second kappa shape index (κ2) is 5.82. The Labute approximate surface area is 152 Å². The number of benzene rings is 2. The van der Waals surface area contributed by atoms with Crippen LogP contribution in [0, 0.1) is 0 Å². The first-order valence-corrected chi connectivity index (χ1v) is 9.68. The Hall–Kier alpha value is -2.00. The van der Waals surface area contributed by atoms with Crippen LogP contribution in [0.3, 0.4) is 0 Å². The number of hydrogen-bond acceptors (Lipinski definition) is 1. The number of nitrogens with zero attached hydrogens (tertiary/aromatic N) is 2. The molecule has 0 aliphatic carbocycles. The van der Waals surface area contributed by atoms with E-state index in [4.69, 9.17) is 11.6 Å². The van der Waals surface area contributed by atoms with Crippen LogP contribution in [0.5, 0.6) is 0 Å². The first-order chi connectivity index (χ1) is 11.6. The van der Waals surface area contributed by atoms with Gasteiger partial charge in [0.15, 0.2) is 0 Å². The van der Waals surface area contributed by atoms with E-state index in [0.29, 0.717) is 5.02 Å². The quantitative estimate of drug-likeness (QED) is 0.620. The Balaban J connectivity index is 1.98. The summed E-state index contributed by atoms with van der Waals surface area (Å²) < 4.78 is 2.46. The number of carbonyl (C=O) groups is 1. The van der Waals surface area contributed by atoms with Crippen molar-refractivity contribution in [3.63, 3.8) is 0 Å². The average molecular weight is 402 g/mol. The summed E-state index contributed by atoms with van der Waals surface area (Å²) in [4.78, 5) is 15.1. The van der Waals surface area contributed by atoms with E-state index in [2.05, 4.69) is 12.1 Å². The minimum atomic E-state index is -0.743. The van der Waals surface area contributed by atoms with E-state index in [1.807, 2.05) is 72.5 Å². The summed E-state index contributed by atoms with van der Waals surface area (Å²) in [6.45, 7) is 0. The molecule has 0 radical (unpaired) electrons. The van der Waals surface area contributed by atoms with Crippen molar-refractivity contribution < 1.29 is 4.79 Å². The van der Waals surface area contributed by atoms with E-state index in [1.54, 1.807) is 4.90 Å². The maximum absolute atomic E-state index is 13.4. The van der Waals surface area contributed by atoms with E-state index in [-0.39, 0.29) is 20.9 Å². The topological polar surface area (TPSA) is 25.2 Å². The van der Waals surface area contributed by atoms with Gasteiger partial charge < -0.3 is 0 Å². The molecule has 1 aliphatic rings. The van der Waals surface area contributed by atoms with Crippen molar-refractivity contribution in [2.45, 2.75) is 4.44 Å². The van der Waals surface area contributed by atoms with Gasteiger partial charge in [0, 0.05) is 0 Å². The fourth-order valence-electron chi connectivity index (χ4n) is 3.13. The van der Waals surface area contributed by atoms with Crippen molar-refractivity contribution in [2.24, 2.45) is 0 Å². The summed E-state index contributed by atoms with van der Waals surface area (Å²) >= 11 is 6.15. The van der Waals surface area contributed by atoms with Gasteiger partial charge in [-0.05, 0) is 0 Å². The zero-order chi connectivity index (χ0) is 16.7. The second-order valence-electron chi connectivity index (χ2n) is 5.68. The van der Waals surface area contributed by atoms with Gasteiger partial charge in [-0.15, -0.1) is 0 Å². The number of amides is 1. The van der Waals surface area contributed by atoms with Crippen LogP contribution in [0.2, 0.25) is 5.02 Å². The molecule has 0 spiro atoms. The zero-order valence-electron chi connectivity index (χ0n) is 13.0. The fraction of sp³-hybridized carbons (Fsp3) is 0.105. The van der Waals surface area contributed by atoms with Crippen LogP contribution in [0.15, 0.2) is 73.1 Å². The van der Waals surface area contributed by atoms with Gasteiger partial charge in [-0.25, -0.2) is 0 Å². The van der Waals surface area contributed by atoms with E-state index < -0.39 is 4.44 Å². The first kappa shape index (κ1) is 15.5. The van der Waals surface area contributed by atoms with E-state index in [1.165, 1.54) is 4.46 Å². The molecule has 0 N–H and O–H groups in total. The van der Waals surface area contributed by atoms with Gasteiger partial charge in [0.1, 0.15) is 0 Å². The molecule has 1 aromatic heterocycles. The number of carbonyl (C=O) groups excluding carboxylic acids is 1. The molecule has 1 atom stereocenters. The van der Waals surface area contributed by atoms with Crippen molar-refractivity contribution in [1.82, 2.24) is 4.57 Å². The molecule has 0 bridgehead atoms. The van der Waals surface area contributed by atoms with Crippen LogP contribution in [0.1, 0.15) is 5.56 Å². The molecule has 0 saturated heterocycles. The standard InChI is InChI=1S/C19H15ClN2OSe/c1-21-17-10-9-14(20)13-16(17)19(18(21)23,22-11-5-6-12-22)24-15-7-3-2-4-8-15/h2-13H,1H3. The van der Waals surface area contributed by atoms with Crippen molar-refractivity contribution in [1.29, 1.82) is 0 Å². The zero-order valence-corrected chi connectivity index (χ0v) is 15.5. The minimum absolute atomic E-state index is 0.0832. The van der Waals surface area contributed by atoms with Gasteiger partial charge in [0.2, 0.25) is 0 Å². The Morgan fingerprint density at radius 1 is 1.00 bits per heavy atom. The van der Waals surface area contributed by atoms with Crippen molar-refractivity contribution in [3.8, 4) is 0 Å². The fourth-order valence-corrected chi connectivity index (χ4v) is 6.15. The van der Waals surface area contributed by atoms with E-state index in [9.17, 15) is 4.79 Å². The van der Waals surface area contributed by atoms with Gasteiger partial charge in [-0.3, -0.25) is 0 Å². The van der Waals surface area contributed by atoms with Gasteiger partial charge in [-0.2, -0.15) is 0 Å². The molecule has 1 aliphatic heterocycles. The number of fused-ring (bicyclic) bond motifs is 1. The van der Waals surface area contributed by atoms with Crippen LogP contribution < -0.4 is 9.36 Å². The molecule has 1 amide bonds. The van der Waals surface area contributed by atoms with Gasteiger partial charge >= 0.3 is 152 Å². The molecule has 120 valence electrons. The number of halogens is 1. The van der Waals surface area contributed by atoms with Crippen LogP contribution in [0.4, 0.5) is 5.69 Å². The Kier molecular flexibility index (Phi) is 3.76. The molecule has 2 heterocycles. The maximum atomic E-state index is 13.4. The summed E-state index contributed by atoms with van der Waals surface area (Å²) in [5.74, 6) is 0.0832. The normalized spacial score (nSPS) is 19.6. The first-order valence-electron chi connectivity index (χ1n) is 7.58. The SMILES string of the molecule is CN1C(=O)C([Se]c2ccccc2)(n2cccc2)c2cc(Cl)ccc21. The second-order valence-corrected chi connectivity index (χ2v) is 8.77. The van der Waals surface area contributed by atoms with Gasteiger partial charge in [0.05, 0.1) is 0 Å². The number of likely N-dealkylation sites (N-methyl/N-ethyl adjacent to an activating group) is 1. The third-order valence-corrected chi connectivity index (χ3v) is 7.45. The van der Waals surface area contributed by atoms with Crippen LogP contribution >= 0.6 is 11.6 Å². The van der Waals surface area contributed by atoms with Crippen LogP contribution in [-0.4, -0.2) is 32.5 Å². The van der Waals surface area contributed by atoms with E-state index in [0.717, 1.165) is 11.3 Å². The molecular formula is C19H15ClN2OSe. The van der Waals surface area contributed by atoms with E-state index >= 15 is 0 Å². The molecule has 24 heavy (non-hydrogen) atoms. The Morgan fingerprint density at radius 2 is 1.71 bits per heavy atom. The molecule has 3 nitrogen and oxygen atoms in total. The molecule has 2 aromatic carbocycles. The molecule has 3 aromatic rings. The third-order valence-electron chi connectivity index (χ3n) is 4.26. The molecule has 1 unspecified atom stereocenters. The van der Waals surface area contributed by atoms with Crippen molar-refractivity contribution in [3.05, 3.63) is 83.6 Å². The third kappa shape index (κ3) is 2.22. The summed E-state index contributed by atoms with van der Waals surface area (Å²) in [5.41, 5.74) is 1.90. The number of anilines is 1. The summed E-state index contributed by atoms with van der Waals surface area (Å²) in [5, 5.41) is 0.650. The number of hydrogen-bond donors (Lipinski definition) is 0. The van der Waals surface area contributed by atoms with Gasteiger partial charge in [0.25, 0.3) is 0 Å². The molecular weight excluding hydrogens is 387 g/mol. The summed E-state index contributed by atoms with van der Waals surface area (Å²) in [6.07, 6.45) is 3.93. The molecule has 0 saturated carbocycles.